The highest BCUT2D eigenvalue weighted by molar-refractivity contribution is 6.31. The van der Waals surface area contributed by atoms with E-state index in [1.165, 1.54) is 28.5 Å². The van der Waals surface area contributed by atoms with E-state index in [0.717, 1.165) is 19.6 Å². The Hall–Kier alpha value is -2.56. The zero-order valence-electron chi connectivity index (χ0n) is 14.9. The van der Waals surface area contributed by atoms with Gasteiger partial charge in [0.1, 0.15) is 5.75 Å². The van der Waals surface area contributed by atoms with Gasteiger partial charge in [0, 0.05) is 37.7 Å². The molecule has 4 nitrogen and oxygen atoms in total. The maximum absolute atomic E-state index is 12.7. The third-order valence-corrected chi connectivity index (χ3v) is 5.36. The van der Waals surface area contributed by atoms with E-state index >= 15 is 0 Å². The van der Waals surface area contributed by atoms with Crippen LogP contribution in [-0.4, -0.2) is 47.0 Å². The first-order chi connectivity index (χ1) is 13.1. The van der Waals surface area contributed by atoms with Crippen molar-refractivity contribution in [2.75, 3.05) is 26.2 Å². The number of phenolic OH excluding ortho intramolecular Hbond substituents is 1. The van der Waals surface area contributed by atoms with E-state index in [2.05, 4.69) is 47.4 Å². The Morgan fingerprint density at radius 1 is 0.963 bits per heavy atom. The molecule has 0 aromatic heterocycles. The Morgan fingerprint density at radius 2 is 1.70 bits per heavy atom. The lowest BCUT2D eigenvalue weighted by atomic mass is 10.0. The zero-order valence-corrected chi connectivity index (χ0v) is 15.7. The number of hydrogen-bond acceptors (Lipinski definition) is 3. The van der Waals surface area contributed by atoms with Crippen LogP contribution in [0.5, 0.6) is 5.75 Å². The number of rotatable bonds is 3. The van der Waals surface area contributed by atoms with Crippen LogP contribution >= 0.6 is 11.6 Å². The Labute approximate surface area is 163 Å². The summed E-state index contributed by atoms with van der Waals surface area (Å²) >= 11 is 5.97. The normalized spacial score (nSPS) is 15.2. The number of hydrogen-bond donors (Lipinski definition) is 1. The number of phenols is 1. The van der Waals surface area contributed by atoms with Gasteiger partial charge in [0.2, 0.25) is 0 Å². The van der Waals surface area contributed by atoms with Crippen molar-refractivity contribution < 1.29 is 9.90 Å². The molecule has 138 valence electrons. The second-order valence-corrected chi connectivity index (χ2v) is 7.30. The Kier molecular flexibility index (Phi) is 5.01. The van der Waals surface area contributed by atoms with E-state index in [0.29, 0.717) is 18.1 Å². The van der Waals surface area contributed by atoms with Crippen LogP contribution in [0.25, 0.3) is 10.8 Å². The van der Waals surface area contributed by atoms with E-state index in [1.807, 2.05) is 0 Å². The summed E-state index contributed by atoms with van der Waals surface area (Å²) in [7, 11) is 0. The summed E-state index contributed by atoms with van der Waals surface area (Å²) in [5.41, 5.74) is 1.57. The lowest BCUT2D eigenvalue weighted by Gasteiger charge is -2.35. The highest BCUT2D eigenvalue weighted by Gasteiger charge is 2.24. The fourth-order valence-electron chi connectivity index (χ4n) is 3.63. The molecule has 1 aliphatic rings. The number of piperazine rings is 1. The Bertz CT molecular complexity index is 976. The molecule has 1 amide bonds. The molecule has 0 saturated carbocycles. The van der Waals surface area contributed by atoms with Gasteiger partial charge in [-0.15, -0.1) is 0 Å². The topological polar surface area (TPSA) is 43.8 Å². The summed E-state index contributed by atoms with van der Waals surface area (Å²) in [6.45, 7) is 3.74. The predicted octanol–water partition coefficient (Wildman–Crippen LogP) is 4.16. The summed E-state index contributed by atoms with van der Waals surface area (Å²) in [4.78, 5) is 16.8. The second kappa shape index (κ2) is 7.59. The van der Waals surface area contributed by atoms with E-state index in [1.54, 1.807) is 11.0 Å². The third-order valence-electron chi connectivity index (χ3n) is 5.12. The van der Waals surface area contributed by atoms with Gasteiger partial charge in [-0.2, -0.15) is 0 Å². The summed E-state index contributed by atoms with van der Waals surface area (Å²) in [6, 6.07) is 19.4. The van der Waals surface area contributed by atoms with Gasteiger partial charge < -0.3 is 10.0 Å². The smallest absolute Gasteiger partial charge is 0.257 e. The van der Waals surface area contributed by atoms with E-state index in [9.17, 15) is 9.90 Å². The predicted molar refractivity (Wildman–Crippen MR) is 108 cm³/mol. The van der Waals surface area contributed by atoms with Gasteiger partial charge in [0.05, 0.1) is 5.56 Å². The SMILES string of the molecule is O=C(c1cc(Cl)ccc1O)N1CCN(Cc2cccc3ccccc23)CC1. The maximum Gasteiger partial charge on any atom is 0.257 e. The van der Waals surface area contributed by atoms with Gasteiger partial charge in [0.25, 0.3) is 5.91 Å². The number of carbonyl (C=O) groups excluding carboxylic acids is 1. The van der Waals surface area contributed by atoms with Gasteiger partial charge in [-0.1, -0.05) is 54.1 Å². The minimum atomic E-state index is -0.167. The lowest BCUT2D eigenvalue weighted by Crippen LogP contribution is -2.48. The summed E-state index contributed by atoms with van der Waals surface area (Å²) in [5, 5.41) is 12.9. The molecule has 1 N–H and O–H groups in total. The molecule has 0 atom stereocenters. The minimum absolute atomic E-state index is 0.0254. The van der Waals surface area contributed by atoms with Crippen molar-refractivity contribution in [1.29, 1.82) is 0 Å². The van der Waals surface area contributed by atoms with Gasteiger partial charge in [-0.25, -0.2) is 0 Å². The van der Waals surface area contributed by atoms with Crippen LogP contribution in [0.3, 0.4) is 0 Å². The molecule has 1 aliphatic heterocycles. The third kappa shape index (κ3) is 3.77. The molecule has 0 bridgehead atoms. The van der Waals surface area contributed by atoms with Crippen LogP contribution in [0.1, 0.15) is 15.9 Å². The fraction of sp³-hybridized carbons (Fsp3) is 0.227. The molecule has 1 saturated heterocycles. The van der Waals surface area contributed by atoms with Gasteiger partial charge in [-0.05, 0) is 34.5 Å². The highest BCUT2D eigenvalue weighted by Crippen LogP contribution is 2.24. The first-order valence-electron chi connectivity index (χ1n) is 9.08. The summed E-state index contributed by atoms with van der Waals surface area (Å²) in [5.74, 6) is -0.192. The number of fused-ring (bicyclic) bond motifs is 1. The molecule has 1 heterocycles. The zero-order chi connectivity index (χ0) is 18.8. The first kappa shape index (κ1) is 17.8. The molecular formula is C22H21ClN2O2. The lowest BCUT2D eigenvalue weighted by molar-refractivity contribution is 0.0626. The van der Waals surface area contributed by atoms with Crippen molar-refractivity contribution in [2.24, 2.45) is 0 Å². The van der Waals surface area contributed by atoms with Crippen LogP contribution in [0, 0.1) is 0 Å². The number of amides is 1. The van der Waals surface area contributed by atoms with E-state index < -0.39 is 0 Å². The fourth-order valence-corrected chi connectivity index (χ4v) is 3.80. The Morgan fingerprint density at radius 3 is 2.52 bits per heavy atom. The molecule has 0 radical (unpaired) electrons. The number of benzene rings is 3. The van der Waals surface area contributed by atoms with Gasteiger partial charge in [-0.3, -0.25) is 9.69 Å². The van der Waals surface area contributed by atoms with Crippen LogP contribution < -0.4 is 0 Å². The molecule has 0 unspecified atom stereocenters. The van der Waals surface area contributed by atoms with Crippen LogP contribution in [0.4, 0.5) is 0 Å². The van der Waals surface area contributed by atoms with E-state index in [4.69, 9.17) is 11.6 Å². The second-order valence-electron chi connectivity index (χ2n) is 6.87. The molecule has 1 fully saturated rings. The molecule has 3 aromatic rings. The number of carbonyl (C=O) groups is 1. The monoisotopic (exact) mass is 380 g/mol. The van der Waals surface area contributed by atoms with Crippen molar-refractivity contribution >= 4 is 28.3 Å². The number of halogens is 1. The standard InChI is InChI=1S/C22H21ClN2O2/c23-18-8-9-21(26)20(14-18)22(27)25-12-10-24(11-13-25)15-17-6-3-5-16-4-1-2-7-19(16)17/h1-9,14,26H,10-13,15H2. The van der Waals surface area contributed by atoms with Crippen molar-refractivity contribution in [3.8, 4) is 5.75 Å². The van der Waals surface area contributed by atoms with Crippen molar-refractivity contribution in [1.82, 2.24) is 9.80 Å². The quantitative estimate of drug-likeness (QED) is 0.742. The Balaban J connectivity index is 1.43. The molecule has 4 rings (SSSR count). The number of aromatic hydroxyl groups is 1. The molecule has 27 heavy (non-hydrogen) atoms. The average molecular weight is 381 g/mol. The molecule has 5 heteroatoms. The number of nitrogens with zero attached hydrogens (tertiary/aromatic N) is 2. The van der Waals surface area contributed by atoms with Crippen molar-refractivity contribution in [3.63, 3.8) is 0 Å². The summed E-state index contributed by atoms with van der Waals surface area (Å²) < 4.78 is 0. The average Bonchev–Trinajstić information content (AvgIpc) is 2.70. The van der Waals surface area contributed by atoms with Crippen LogP contribution in [-0.2, 0) is 6.54 Å². The van der Waals surface area contributed by atoms with Crippen LogP contribution in [0.2, 0.25) is 5.02 Å². The molecule has 3 aromatic carbocycles. The minimum Gasteiger partial charge on any atom is -0.507 e. The van der Waals surface area contributed by atoms with Gasteiger partial charge >= 0.3 is 0 Å². The first-order valence-corrected chi connectivity index (χ1v) is 9.46. The van der Waals surface area contributed by atoms with Gasteiger partial charge in [0.15, 0.2) is 0 Å². The molecule has 0 spiro atoms. The van der Waals surface area contributed by atoms with Crippen molar-refractivity contribution in [3.05, 3.63) is 76.8 Å². The highest BCUT2D eigenvalue weighted by atomic mass is 35.5. The van der Waals surface area contributed by atoms with E-state index in [-0.39, 0.29) is 17.2 Å². The molecule has 0 aliphatic carbocycles. The largest absolute Gasteiger partial charge is 0.507 e. The molecular weight excluding hydrogens is 360 g/mol. The summed E-state index contributed by atoms with van der Waals surface area (Å²) in [6.07, 6.45) is 0. The van der Waals surface area contributed by atoms with Crippen molar-refractivity contribution in [2.45, 2.75) is 6.54 Å². The van der Waals surface area contributed by atoms with Crippen LogP contribution in [0.15, 0.2) is 60.7 Å². The maximum atomic E-state index is 12.7.